The predicted octanol–water partition coefficient (Wildman–Crippen LogP) is 1.01. The largest absolute Gasteiger partial charge is 0.382 e. The lowest BCUT2D eigenvalue weighted by molar-refractivity contribution is 0.0879. The summed E-state index contributed by atoms with van der Waals surface area (Å²) in [5, 5.41) is 15.2. The molecular formula is C18H12N6O4S. The first kappa shape index (κ1) is 18.2. The van der Waals surface area contributed by atoms with Crippen LogP contribution >= 0.6 is 0 Å². The Balaban J connectivity index is 1.75. The second kappa shape index (κ2) is 6.47. The number of carbonyl (C=O) groups excluding carboxylic acids is 2. The fourth-order valence-electron chi connectivity index (χ4n) is 2.90. The molecule has 2 heterocycles. The Morgan fingerprint density at radius 3 is 2.55 bits per heavy atom. The molecule has 0 radical (unpaired) electrons. The molecule has 11 heteroatoms. The zero-order valence-corrected chi connectivity index (χ0v) is 15.4. The molecule has 0 atom stereocenters. The van der Waals surface area contributed by atoms with Crippen LogP contribution in [0.25, 0.3) is 5.69 Å². The molecule has 29 heavy (non-hydrogen) atoms. The Hall–Kier alpha value is -4.17. The van der Waals surface area contributed by atoms with E-state index < -0.39 is 21.8 Å². The third kappa shape index (κ3) is 2.97. The number of para-hydroxylation sites is 2. The van der Waals surface area contributed by atoms with Crippen molar-refractivity contribution in [2.24, 2.45) is 0 Å². The van der Waals surface area contributed by atoms with Crippen LogP contribution in [0.5, 0.6) is 0 Å². The molecule has 0 aliphatic carbocycles. The number of nitrogen functional groups attached to an aromatic ring is 1. The normalized spacial score (nSPS) is 12.9. The molecular weight excluding hydrogens is 396 g/mol. The first-order chi connectivity index (χ1) is 13.8. The number of anilines is 2. The summed E-state index contributed by atoms with van der Waals surface area (Å²) in [5.74, 6) is -1.17. The van der Waals surface area contributed by atoms with Crippen LogP contribution in [-0.2, 0) is 10.0 Å². The Morgan fingerprint density at radius 1 is 1.10 bits per heavy atom. The van der Waals surface area contributed by atoms with Gasteiger partial charge < -0.3 is 5.73 Å². The minimum absolute atomic E-state index is 0.0128. The van der Waals surface area contributed by atoms with Crippen molar-refractivity contribution in [1.29, 1.82) is 5.26 Å². The number of imide groups is 1. The van der Waals surface area contributed by atoms with Gasteiger partial charge in [-0.25, -0.2) is 13.1 Å². The predicted molar refractivity (Wildman–Crippen MR) is 102 cm³/mol. The molecule has 4 N–H and O–H groups in total. The molecule has 0 spiro atoms. The quantitative estimate of drug-likeness (QED) is 0.543. The maximum absolute atomic E-state index is 12.9. The molecule has 0 bridgehead atoms. The van der Waals surface area contributed by atoms with Crippen molar-refractivity contribution in [2.45, 2.75) is 4.90 Å². The third-order valence-electron chi connectivity index (χ3n) is 4.32. The SMILES string of the molecule is N#Cc1cnn(-c2ccccc2NS(=O)(=O)c2ccc3c(c2)C(=O)NC3=O)c1N. The maximum atomic E-state index is 12.9. The summed E-state index contributed by atoms with van der Waals surface area (Å²) in [6, 6.07) is 11.9. The lowest BCUT2D eigenvalue weighted by atomic mass is 10.1. The zero-order valence-electron chi connectivity index (χ0n) is 14.6. The number of amides is 2. The van der Waals surface area contributed by atoms with E-state index in [4.69, 9.17) is 11.0 Å². The highest BCUT2D eigenvalue weighted by molar-refractivity contribution is 7.92. The molecule has 0 saturated heterocycles. The number of nitrogens with zero attached hydrogens (tertiary/aromatic N) is 3. The van der Waals surface area contributed by atoms with Gasteiger partial charge in [0.25, 0.3) is 21.8 Å². The molecule has 0 fully saturated rings. The van der Waals surface area contributed by atoms with Crippen LogP contribution in [0.3, 0.4) is 0 Å². The average Bonchev–Trinajstić information content (AvgIpc) is 3.21. The third-order valence-corrected chi connectivity index (χ3v) is 5.68. The van der Waals surface area contributed by atoms with Crippen molar-refractivity contribution < 1.29 is 18.0 Å². The molecule has 2 aromatic carbocycles. The van der Waals surface area contributed by atoms with Crippen molar-refractivity contribution in [3.8, 4) is 11.8 Å². The van der Waals surface area contributed by atoms with Gasteiger partial charge in [0.15, 0.2) is 0 Å². The number of fused-ring (bicyclic) bond motifs is 1. The summed E-state index contributed by atoms with van der Waals surface area (Å²) in [6.07, 6.45) is 1.27. The molecule has 3 aromatic rings. The van der Waals surface area contributed by atoms with Crippen molar-refractivity contribution in [3.05, 3.63) is 65.4 Å². The smallest absolute Gasteiger partial charge is 0.261 e. The fourth-order valence-corrected chi connectivity index (χ4v) is 4.00. The number of sulfonamides is 1. The fraction of sp³-hybridized carbons (Fsp3) is 0. The molecule has 1 aliphatic rings. The summed E-state index contributed by atoms with van der Waals surface area (Å²) in [7, 11) is -4.11. The summed E-state index contributed by atoms with van der Waals surface area (Å²) in [5.41, 5.74) is 6.62. The summed E-state index contributed by atoms with van der Waals surface area (Å²) < 4.78 is 29.4. The molecule has 1 aliphatic heterocycles. The van der Waals surface area contributed by atoms with E-state index in [2.05, 4.69) is 15.1 Å². The average molecular weight is 408 g/mol. The summed E-state index contributed by atoms with van der Waals surface area (Å²) in [4.78, 5) is 23.3. The standard InChI is InChI=1S/C18H12N6O4S/c19-8-10-9-21-24(16(10)20)15-4-2-1-3-14(15)23-29(27,28)11-5-6-12-13(7-11)18(26)22-17(12)25/h1-7,9,23H,20H2,(H,22,25,26). The Kier molecular flexibility index (Phi) is 4.06. The van der Waals surface area contributed by atoms with E-state index in [0.717, 1.165) is 6.07 Å². The van der Waals surface area contributed by atoms with Gasteiger partial charge in [0, 0.05) is 0 Å². The van der Waals surface area contributed by atoms with Gasteiger partial charge in [-0.1, -0.05) is 12.1 Å². The number of rotatable bonds is 4. The molecule has 144 valence electrons. The number of nitriles is 1. The van der Waals surface area contributed by atoms with E-state index in [1.807, 2.05) is 6.07 Å². The van der Waals surface area contributed by atoms with Crippen molar-refractivity contribution in [1.82, 2.24) is 15.1 Å². The van der Waals surface area contributed by atoms with Gasteiger partial charge in [0.05, 0.1) is 33.6 Å². The first-order valence-corrected chi connectivity index (χ1v) is 9.65. The van der Waals surface area contributed by atoms with E-state index in [9.17, 15) is 18.0 Å². The van der Waals surface area contributed by atoms with Crippen LogP contribution in [0.4, 0.5) is 11.5 Å². The Labute approximate surface area is 164 Å². The molecule has 10 nitrogen and oxygen atoms in total. The molecule has 4 rings (SSSR count). The van der Waals surface area contributed by atoms with Crippen LogP contribution in [-0.4, -0.2) is 30.0 Å². The maximum Gasteiger partial charge on any atom is 0.261 e. The molecule has 1 aromatic heterocycles. The molecule has 0 saturated carbocycles. The van der Waals surface area contributed by atoms with Gasteiger partial charge in [0.2, 0.25) is 0 Å². The van der Waals surface area contributed by atoms with Crippen LogP contribution < -0.4 is 15.8 Å². The van der Waals surface area contributed by atoms with E-state index in [1.54, 1.807) is 18.2 Å². The van der Waals surface area contributed by atoms with E-state index in [0.29, 0.717) is 5.69 Å². The van der Waals surface area contributed by atoms with Gasteiger partial charge in [-0.15, -0.1) is 0 Å². The van der Waals surface area contributed by atoms with Gasteiger partial charge in [-0.2, -0.15) is 10.4 Å². The number of aromatic nitrogens is 2. The lowest BCUT2D eigenvalue weighted by Crippen LogP contribution is -2.20. The molecule has 0 unspecified atom stereocenters. The number of carbonyl (C=O) groups is 2. The number of benzene rings is 2. The lowest BCUT2D eigenvalue weighted by Gasteiger charge is -2.14. The van der Waals surface area contributed by atoms with Gasteiger partial charge in [0.1, 0.15) is 17.5 Å². The van der Waals surface area contributed by atoms with E-state index >= 15 is 0 Å². The van der Waals surface area contributed by atoms with Crippen molar-refractivity contribution >= 4 is 33.3 Å². The topological polar surface area (TPSA) is 160 Å². The highest BCUT2D eigenvalue weighted by Gasteiger charge is 2.29. The number of hydrogen-bond donors (Lipinski definition) is 3. The van der Waals surface area contributed by atoms with Crippen LogP contribution in [0.2, 0.25) is 0 Å². The van der Waals surface area contributed by atoms with Gasteiger partial charge >= 0.3 is 0 Å². The van der Waals surface area contributed by atoms with Crippen LogP contribution in [0.15, 0.2) is 53.6 Å². The Bertz CT molecular complexity index is 1340. The minimum atomic E-state index is -4.11. The zero-order chi connectivity index (χ0) is 20.8. The van der Waals surface area contributed by atoms with Gasteiger partial charge in [-0.3, -0.25) is 19.6 Å². The molecule has 2 amide bonds. The first-order valence-electron chi connectivity index (χ1n) is 8.17. The number of nitrogens with two attached hydrogens (primary N) is 1. The highest BCUT2D eigenvalue weighted by atomic mass is 32.2. The van der Waals surface area contributed by atoms with Crippen molar-refractivity contribution in [3.63, 3.8) is 0 Å². The second-order valence-corrected chi connectivity index (χ2v) is 7.76. The number of nitrogens with one attached hydrogen (secondary N) is 2. The highest BCUT2D eigenvalue weighted by Crippen LogP contribution is 2.27. The van der Waals surface area contributed by atoms with E-state index in [-0.39, 0.29) is 33.1 Å². The van der Waals surface area contributed by atoms with Crippen LogP contribution in [0.1, 0.15) is 26.3 Å². The van der Waals surface area contributed by atoms with Crippen molar-refractivity contribution in [2.75, 3.05) is 10.5 Å². The summed E-state index contributed by atoms with van der Waals surface area (Å²) >= 11 is 0. The number of hydrogen-bond acceptors (Lipinski definition) is 7. The second-order valence-electron chi connectivity index (χ2n) is 6.08. The monoisotopic (exact) mass is 408 g/mol. The minimum Gasteiger partial charge on any atom is -0.382 e. The van der Waals surface area contributed by atoms with Gasteiger partial charge in [-0.05, 0) is 30.3 Å². The van der Waals surface area contributed by atoms with Crippen LogP contribution in [0, 0.1) is 11.3 Å². The summed E-state index contributed by atoms with van der Waals surface area (Å²) in [6.45, 7) is 0. The van der Waals surface area contributed by atoms with E-state index in [1.165, 1.54) is 29.1 Å². The Morgan fingerprint density at radius 2 is 1.83 bits per heavy atom.